The van der Waals surface area contributed by atoms with Gasteiger partial charge in [0.05, 0.1) is 16.8 Å². The predicted octanol–water partition coefficient (Wildman–Crippen LogP) is 4.11. The Hall–Kier alpha value is -3.94. The van der Waals surface area contributed by atoms with Gasteiger partial charge in [0.15, 0.2) is 5.65 Å². The van der Waals surface area contributed by atoms with Gasteiger partial charge in [-0.25, -0.2) is 19.4 Å². The number of carbonyl (C=O) groups is 1. The van der Waals surface area contributed by atoms with E-state index in [1.165, 1.54) is 0 Å². The third-order valence-electron chi connectivity index (χ3n) is 6.36. The van der Waals surface area contributed by atoms with Crippen molar-refractivity contribution in [2.75, 3.05) is 31.1 Å². The zero-order valence-electron chi connectivity index (χ0n) is 20.3. The van der Waals surface area contributed by atoms with E-state index in [2.05, 4.69) is 17.1 Å². The van der Waals surface area contributed by atoms with Crippen LogP contribution in [-0.2, 0) is 13.0 Å². The minimum absolute atomic E-state index is 0.0268. The lowest BCUT2D eigenvalue weighted by molar-refractivity contribution is 0.194. The number of rotatable bonds is 6. The van der Waals surface area contributed by atoms with Gasteiger partial charge in [0.1, 0.15) is 11.6 Å². The number of amides is 2. The molecule has 0 spiro atoms. The summed E-state index contributed by atoms with van der Waals surface area (Å²) in [5, 5.41) is 8.85. The van der Waals surface area contributed by atoms with E-state index in [4.69, 9.17) is 15.1 Å². The lowest BCUT2D eigenvalue weighted by Gasteiger charge is -2.35. The molecule has 1 aliphatic heterocycles. The average molecular weight is 470 g/mol. The minimum atomic E-state index is -0.0268. The molecular weight excluding hydrogens is 438 g/mol. The fourth-order valence-corrected chi connectivity index (χ4v) is 4.53. The SMILES string of the molecule is CCCc1nc(N2CCN(C(=O)NCc3ccccc3)CC2)c2c(C)nn(-c3ccccc3)c2n1. The lowest BCUT2D eigenvalue weighted by atomic mass is 10.2. The highest BCUT2D eigenvalue weighted by Gasteiger charge is 2.26. The molecule has 1 aliphatic rings. The molecule has 1 fully saturated rings. The zero-order chi connectivity index (χ0) is 24.2. The third kappa shape index (κ3) is 4.82. The Balaban J connectivity index is 1.37. The predicted molar refractivity (Wildman–Crippen MR) is 138 cm³/mol. The molecule has 2 aromatic heterocycles. The smallest absolute Gasteiger partial charge is 0.317 e. The highest BCUT2D eigenvalue weighted by Crippen LogP contribution is 2.30. The van der Waals surface area contributed by atoms with Crippen molar-refractivity contribution < 1.29 is 4.79 Å². The molecule has 5 rings (SSSR count). The van der Waals surface area contributed by atoms with Crippen LogP contribution in [0.15, 0.2) is 60.7 Å². The van der Waals surface area contributed by atoms with Crippen molar-refractivity contribution in [3.05, 3.63) is 77.7 Å². The number of para-hydroxylation sites is 1. The zero-order valence-corrected chi connectivity index (χ0v) is 20.3. The van der Waals surface area contributed by atoms with Crippen LogP contribution in [0.3, 0.4) is 0 Å². The van der Waals surface area contributed by atoms with E-state index in [1.54, 1.807) is 0 Å². The fourth-order valence-electron chi connectivity index (χ4n) is 4.53. The van der Waals surface area contributed by atoms with Gasteiger partial charge < -0.3 is 15.1 Å². The quantitative estimate of drug-likeness (QED) is 0.460. The van der Waals surface area contributed by atoms with Gasteiger partial charge in [0, 0.05) is 39.1 Å². The Morgan fingerprint density at radius 1 is 0.943 bits per heavy atom. The number of nitrogens with zero attached hydrogens (tertiary/aromatic N) is 6. The van der Waals surface area contributed by atoms with Crippen molar-refractivity contribution in [3.63, 3.8) is 0 Å². The van der Waals surface area contributed by atoms with E-state index in [0.717, 1.165) is 52.5 Å². The molecule has 2 amide bonds. The Morgan fingerprint density at radius 2 is 1.63 bits per heavy atom. The maximum Gasteiger partial charge on any atom is 0.317 e. The number of hydrogen-bond acceptors (Lipinski definition) is 5. The molecule has 0 radical (unpaired) electrons. The molecule has 35 heavy (non-hydrogen) atoms. The molecule has 3 heterocycles. The molecule has 8 heteroatoms. The Bertz CT molecular complexity index is 1300. The first-order valence-corrected chi connectivity index (χ1v) is 12.3. The number of fused-ring (bicyclic) bond motifs is 1. The van der Waals surface area contributed by atoms with Gasteiger partial charge in [-0.3, -0.25) is 0 Å². The maximum atomic E-state index is 12.7. The summed E-state index contributed by atoms with van der Waals surface area (Å²) in [6.07, 6.45) is 1.78. The van der Waals surface area contributed by atoms with Crippen molar-refractivity contribution in [3.8, 4) is 5.69 Å². The van der Waals surface area contributed by atoms with Crippen LogP contribution in [0.5, 0.6) is 0 Å². The number of piperazine rings is 1. The van der Waals surface area contributed by atoms with E-state index in [9.17, 15) is 4.79 Å². The lowest BCUT2D eigenvalue weighted by Crippen LogP contribution is -2.52. The minimum Gasteiger partial charge on any atom is -0.352 e. The van der Waals surface area contributed by atoms with Gasteiger partial charge in [-0.15, -0.1) is 0 Å². The van der Waals surface area contributed by atoms with Crippen LogP contribution in [-0.4, -0.2) is 56.9 Å². The van der Waals surface area contributed by atoms with Gasteiger partial charge in [-0.1, -0.05) is 55.5 Å². The summed E-state index contributed by atoms with van der Waals surface area (Å²) in [4.78, 5) is 26.8. The molecule has 0 aliphatic carbocycles. The number of benzene rings is 2. The molecule has 4 aromatic rings. The number of aromatic nitrogens is 4. The average Bonchev–Trinajstić information content (AvgIpc) is 3.24. The molecule has 0 bridgehead atoms. The monoisotopic (exact) mass is 469 g/mol. The summed E-state index contributed by atoms with van der Waals surface area (Å²) in [7, 11) is 0. The number of carbonyl (C=O) groups excluding carboxylic acids is 1. The first kappa shape index (κ1) is 22.8. The van der Waals surface area contributed by atoms with E-state index in [-0.39, 0.29) is 6.03 Å². The second-order valence-electron chi connectivity index (χ2n) is 8.86. The highest BCUT2D eigenvalue weighted by atomic mass is 16.2. The number of urea groups is 1. The highest BCUT2D eigenvalue weighted by molar-refractivity contribution is 5.91. The molecule has 0 saturated carbocycles. The Kier molecular flexibility index (Phi) is 6.61. The van der Waals surface area contributed by atoms with Crippen LogP contribution in [0.25, 0.3) is 16.7 Å². The second-order valence-corrected chi connectivity index (χ2v) is 8.86. The number of aryl methyl sites for hydroxylation is 2. The van der Waals surface area contributed by atoms with Crippen LogP contribution in [0.2, 0.25) is 0 Å². The van der Waals surface area contributed by atoms with Crippen LogP contribution < -0.4 is 10.2 Å². The number of hydrogen-bond donors (Lipinski definition) is 1. The standard InChI is InChI=1S/C27H31N7O/c1-3-10-23-29-25(24-20(2)31-34(26(24)30-23)22-13-8-5-9-14-22)32-15-17-33(18-16-32)27(35)28-19-21-11-6-4-7-12-21/h4-9,11-14H,3,10,15-19H2,1-2H3,(H,28,35). The van der Waals surface area contributed by atoms with Crippen molar-refractivity contribution >= 4 is 22.9 Å². The Morgan fingerprint density at radius 3 is 2.31 bits per heavy atom. The molecule has 0 unspecified atom stereocenters. The molecule has 0 atom stereocenters. The van der Waals surface area contributed by atoms with Crippen LogP contribution >= 0.6 is 0 Å². The molecular formula is C27H31N7O. The van der Waals surface area contributed by atoms with E-state index < -0.39 is 0 Å². The van der Waals surface area contributed by atoms with Crippen molar-refractivity contribution in [2.24, 2.45) is 0 Å². The van der Waals surface area contributed by atoms with Gasteiger partial charge in [-0.05, 0) is 31.0 Å². The molecule has 1 N–H and O–H groups in total. The third-order valence-corrected chi connectivity index (χ3v) is 6.36. The van der Waals surface area contributed by atoms with Crippen molar-refractivity contribution in [1.29, 1.82) is 0 Å². The molecule has 8 nitrogen and oxygen atoms in total. The van der Waals surface area contributed by atoms with E-state index >= 15 is 0 Å². The molecule has 180 valence electrons. The van der Waals surface area contributed by atoms with Gasteiger partial charge >= 0.3 is 6.03 Å². The fraction of sp³-hybridized carbons (Fsp3) is 0.333. The summed E-state index contributed by atoms with van der Waals surface area (Å²) in [6, 6.07) is 20.1. The first-order valence-electron chi connectivity index (χ1n) is 12.3. The summed E-state index contributed by atoms with van der Waals surface area (Å²) >= 11 is 0. The van der Waals surface area contributed by atoms with Crippen LogP contribution in [0.1, 0.15) is 30.4 Å². The summed E-state index contributed by atoms with van der Waals surface area (Å²) in [5.41, 5.74) is 3.82. The molecule has 1 saturated heterocycles. The van der Waals surface area contributed by atoms with Gasteiger partial charge in [-0.2, -0.15) is 5.10 Å². The van der Waals surface area contributed by atoms with E-state index in [1.807, 2.05) is 77.2 Å². The maximum absolute atomic E-state index is 12.7. The van der Waals surface area contributed by atoms with Gasteiger partial charge in [0.25, 0.3) is 0 Å². The van der Waals surface area contributed by atoms with Crippen LogP contribution in [0, 0.1) is 6.92 Å². The summed E-state index contributed by atoms with van der Waals surface area (Å²) in [5.74, 6) is 1.75. The number of anilines is 1. The Labute approximate surface area is 205 Å². The van der Waals surface area contributed by atoms with Crippen molar-refractivity contribution in [2.45, 2.75) is 33.2 Å². The van der Waals surface area contributed by atoms with Crippen LogP contribution in [0.4, 0.5) is 10.6 Å². The molecule has 2 aromatic carbocycles. The topological polar surface area (TPSA) is 79.2 Å². The summed E-state index contributed by atoms with van der Waals surface area (Å²) in [6.45, 7) is 7.40. The number of nitrogens with one attached hydrogen (secondary N) is 1. The van der Waals surface area contributed by atoms with E-state index in [0.29, 0.717) is 32.7 Å². The largest absolute Gasteiger partial charge is 0.352 e. The van der Waals surface area contributed by atoms with Gasteiger partial charge in [0.2, 0.25) is 0 Å². The second kappa shape index (κ2) is 10.1. The van der Waals surface area contributed by atoms with Crippen molar-refractivity contribution in [1.82, 2.24) is 30.0 Å². The normalized spacial score (nSPS) is 13.9. The summed E-state index contributed by atoms with van der Waals surface area (Å²) < 4.78 is 1.92. The first-order chi connectivity index (χ1) is 17.1.